The Morgan fingerprint density at radius 3 is 1.72 bits per heavy atom. The van der Waals surface area contributed by atoms with Crippen LogP contribution >= 0.6 is 0 Å². The van der Waals surface area contributed by atoms with E-state index in [9.17, 15) is 9.59 Å². The topological polar surface area (TPSA) is 78.6 Å². The minimum atomic E-state index is -0.684. The fraction of sp³-hybridized carbons (Fsp3) is 0.538. The molecule has 5 nitrogen and oxygen atoms in total. The number of ether oxygens (including phenoxy) is 2. The monoisotopic (exact) mass is 255 g/mol. The Morgan fingerprint density at radius 2 is 1.56 bits per heavy atom. The van der Waals surface area contributed by atoms with Crippen LogP contribution in [0.15, 0.2) is 24.3 Å². The van der Waals surface area contributed by atoms with Gasteiger partial charge in [-0.05, 0) is 20.3 Å². The zero-order chi connectivity index (χ0) is 14.3. The van der Waals surface area contributed by atoms with Gasteiger partial charge in [0.05, 0.1) is 7.11 Å². The van der Waals surface area contributed by atoms with Gasteiger partial charge in [0.25, 0.3) is 0 Å². The first-order chi connectivity index (χ1) is 8.22. The average molecular weight is 255 g/mol. The molecule has 2 N–H and O–H groups in total. The molecule has 5 heteroatoms. The lowest BCUT2D eigenvalue weighted by Gasteiger charge is -2.36. The maximum Gasteiger partial charge on any atom is 0.334 e. The molecule has 18 heavy (non-hydrogen) atoms. The predicted molar refractivity (Wildman–Crippen MR) is 68.5 cm³/mol. The Morgan fingerprint density at radius 1 is 1.11 bits per heavy atom. The molecule has 102 valence electrons. The number of nitrogens with two attached hydrogens (primary N) is 1. The maximum atomic E-state index is 10.9. The van der Waals surface area contributed by atoms with Crippen LogP contribution in [0.1, 0.15) is 33.1 Å². The first kappa shape index (κ1) is 16.4. The molecule has 0 unspecified atom stereocenters. The second kappa shape index (κ2) is 6.96. The summed E-state index contributed by atoms with van der Waals surface area (Å²) in [6.45, 7) is 10.0. The van der Waals surface area contributed by atoms with E-state index < -0.39 is 5.72 Å². The predicted octanol–water partition coefficient (Wildman–Crippen LogP) is 1.68. The van der Waals surface area contributed by atoms with Gasteiger partial charge in [-0.15, -0.1) is 0 Å². The Kier molecular flexibility index (Phi) is 6.33. The lowest BCUT2D eigenvalue weighted by Crippen LogP contribution is -2.50. The van der Waals surface area contributed by atoms with Gasteiger partial charge in [-0.25, -0.2) is 9.59 Å². The molecule has 0 saturated heterocycles. The van der Waals surface area contributed by atoms with E-state index >= 15 is 0 Å². The van der Waals surface area contributed by atoms with Crippen molar-refractivity contribution < 1.29 is 19.1 Å². The molecule has 0 aromatic rings. The van der Waals surface area contributed by atoms with Crippen molar-refractivity contribution in [1.29, 1.82) is 0 Å². The maximum absolute atomic E-state index is 10.9. The van der Waals surface area contributed by atoms with Crippen molar-refractivity contribution in [2.45, 2.75) is 38.8 Å². The first-order valence-electron chi connectivity index (χ1n) is 5.63. The summed E-state index contributed by atoms with van der Waals surface area (Å²) in [6.07, 6.45) is 2.58. The molecule has 0 bridgehead atoms. The molecule has 0 amide bonds. The lowest BCUT2D eigenvalue weighted by molar-refractivity contribution is -0.163. The zero-order valence-electron chi connectivity index (χ0n) is 11.2. The van der Waals surface area contributed by atoms with E-state index in [0.29, 0.717) is 11.1 Å². The summed E-state index contributed by atoms with van der Waals surface area (Å²) in [5.41, 5.74) is 5.81. The molecule has 1 aliphatic carbocycles. The number of methoxy groups -OCH3 is 1. The molecule has 1 fully saturated rings. The summed E-state index contributed by atoms with van der Waals surface area (Å²) in [5, 5.41) is 0. The fourth-order valence-electron chi connectivity index (χ4n) is 1.07. The summed E-state index contributed by atoms with van der Waals surface area (Å²) in [5.74, 6) is -0.729. The Bertz CT molecular complexity index is 356. The lowest BCUT2D eigenvalue weighted by atomic mass is 9.89. The smallest absolute Gasteiger partial charge is 0.334 e. The van der Waals surface area contributed by atoms with Crippen molar-refractivity contribution in [3.8, 4) is 0 Å². The van der Waals surface area contributed by atoms with Crippen LogP contribution in [0.25, 0.3) is 0 Å². The van der Waals surface area contributed by atoms with Gasteiger partial charge in [0.15, 0.2) is 5.72 Å². The molecule has 0 radical (unpaired) electrons. The van der Waals surface area contributed by atoms with Gasteiger partial charge in [-0.2, -0.15) is 0 Å². The standard InChI is InChI=1S/C8H13NO2.C5H8O2/c1-6(2)7(10)11-8(9)4-3-5-8;1-4(2)5(6)7-3/h1,3-5,9H2,2H3;1H2,2-3H3. The number of carbonyl (C=O) groups excluding carboxylic acids is 2. The second-order valence-electron chi connectivity index (χ2n) is 4.36. The van der Waals surface area contributed by atoms with Crippen LogP contribution in [-0.4, -0.2) is 24.8 Å². The normalized spacial score (nSPS) is 15.3. The highest BCUT2D eigenvalue weighted by molar-refractivity contribution is 5.87. The Hall–Kier alpha value is -1.62. The van der Waals surface area contributed by atoms with Crippen LogP contribution in [0.3, 0.4) is 0 Å². The molecule has 1 rings (SSSR count). The molecule has 0 spiro atoms. The number of rotatable bonds is 3. The van der Waals surface area contributed by atoms with E-state index in [4.69, 9.17) is 10.5 Å². The third kappa shape index (κ3) is 5.63. The van der Waals surface area contributed by atoms with Gasteiger partial charge >= 0.3 is 11.9 Å². The highest BCUT2D eigenvalue weighted by Crippen LogP contribution is 2.30. The van der Waals surface area contributed by atoms with Gasteiger partial charge in [-0.3, -0.25) is 5.73 Å². The molecule has 0 heterocycles. The molecule has 0 aromatic heterocycles. The second-order valence-corrected chi connectivity index (χ2v) is 4.36. The van der Waals surface area contributed by atoms with Crippen molar-refractivity contribution in [3.63, 3.8) is 0 Å². The van der Waals surface area contributed by atoms with Crippen LogP contribution in [0, 0.1) is 0 Å². The molecule has 0 aliphatic heterocycles. The van der Waals surface area contributed by atoms with Gasteiger partial charge in [0, 0.05) is 24.0 Å². The van der Waals surface area contributed by atoms with Crippen molar-refractivity contribution in [2.75, 3.05) is 7.11 Å². The Labute approximate surface area is 108 Å². The number of hydrogen-bond donors (Lipinski definition) is 1. The summed E-state index contributed by atoms with van der Waals surface area (Å²) < 4.78 is 9.25. The summed E-state index contributed by atoms with van der Waals surface area (Å²) in [4.78, 5) is 21.1. The van der Waals surface area contributed by atoms with Gasteiger partial charge < -0.3 is 9.47 Å². The molecule has 1 saturated carbocycles. The molecule has 1 aliphatic rings. The summed E-state index contributed by atoms with van der Waals surface area (Å²) in [6, 6.07) is 0. The highest BCUT2D eigenvalue weighted by Gasteiger charge is 2.36. The third-order valence-corrected chi connectivity index (χ3v) is 2.38. The molecule has 0 atom stereocenters. The third-order valence-electron chi connectivity index (χ3n) is 2.38. The largest absolute Gasteiger partial charge is 0.466 e. The minimum Gasteiger partial charge on any atom is -0.466 e. The zero-order valence-corrected chi connectivity index (χ0v) is 11.2. The van der Waals surface area contributed by atoms with Crippen LogP contribution in [-0.2, 0) is 19.1 Å². The molecule has 0 aromatic carbocycles. The number of hydrogen-bond acceptors (Lipinski definition) is 5. The fourth-order valence-corrected chi connectivity index (χ4v) is 1.07. The Balaban J connectivity index is 0.000000360. The van der Waals surface area contributed by atoms with E-state index in [1.54, 1.807) is 13.8 Å². The van der Waals surface area contributed by atoms with Crippen molar-refractivity contribution in [3.05, 3.63) is 24.3 Å². The minimum absolute atomic E-state index is 0.347. The van der Waals surface area contributed by atoms with Crippen molar-refractivity contribution >= 4 is 11.9 Å². The summed E-state index contributed by atoms with van der Waals surface area (Å²) >= 11 is 0. The average Bonchev–Trinajstić information content (AvgIpc) is 2.26. The molecular formula is C13H21NO4. The number of carbonyl (C=O) groups is 2. The number of esters is 2. The van der Waals surface area contributed by atoms with E-state index in [2.05, 4.69) is 17.9 Å². The van der Waals surface area contributed by atoms with Crippen molar-refractivity contribution in [2.24, 2.45) is 5.73 Å². The quantitative estimate of drug-likeness (QED) is 0.471. The van der Waals surface area contributed by atoms with Crippen LogP contribution < -0.4 is 5.73 Å². The van der Waals surface area contributed by atoms with E-state index in [0.717, 1.165) is 19.3 Å². The van der Waals surface area contributed by atoms with E-state index in [1.807, 2.05) is 0 Å². The van der Waals surface area contributed by atoms with Gasteiger partial charge in [0.2, 0.25) is 0 Å². The van der Waals surface area contributed by atoms with Gasteiger partial charge in [0.1, 0.15) is 0 Å². The SMILES string of the molecule is C=C(C)C(=O)OC.C=C(C)C(=O)OC1(N)CCC1. The van der Waals surface area contributed by atoms with E-state index in [-0.39, 0.29) is 11.9 Å². The molecular weight excluding hydrogens is 234 g/mol. The van der Waals surface area contributed by atoms with Gasteiger partial charge in [-0.1, -0.05) is 13.2 Å². The first-order valence-corrected chi connectivity index (χ1v) is 5.63. The van der Waals surface area contributed by atoms with Crippen LogP contribution in [0.4, 0.5) is 0 Å². The van der Waals surface area contributed by atoms with E-state index in [1.165, 1.54) is 7.11 Å². The van der Waals surface area contributed by atoms with Crippen molar-refractivity contribution in [1.82, 2.24) is 0 Å². The van der Waals surface area contributed by atoms with Crippen LogP contribution in [0.2, 0.25) is 0 Å². The van der Waals surface area contributed by atoms with Crippen LogP contribution in [0.5, 0.6) is 0 Å². The summed E-state index contributed by atoms with van der Waals surface area (Å²) in [7, 11) is 1.33. The highest BCUT2D eigenvalue weighted by atomic mass is 16.6.